The van der Waals surface area contributed by atoms with Crippen molar-refractivity contribution < 1.29 is 9.59 Å². The maximum atomic E-state index is 11.8. The van der Waals surface area contributed by atoms with E-state index in [4.69, 9.17) is 12.2 Å². The lowest BCUT2D eigenvalue weighted by atomic mass is 10.2. The van der Waals surface area contributed by atoms with Crippen LogP contribution < -0.4 is 9.80 Å². The van der Waals surface area contributed by atoms with Gasteiger partial charge in [-0.3, -0.25) is 19.4 Å². The number of carbonyl (C=O) groups excluding carboxylic acids is 2. The Bertz CT molecular complexity index is 625. The Morgan fingerprint density at radius 1 is 0.900 bits per heavy atom. The lowest BCUT2D eigenvalue weighted by Gasteiger charge is -2.21. The fourth-order valence-corrected chi connectivity index (χ4v) is 2.44. The number of amides is 2. The van der Waals surface area contributed by atoms with Gasteiger partial charge in [-0.05, 0) is 30.4 Å². The number of allylic oxidation sites excluding steroid dienone is 1. The third-order valence-electron chi connectivity index (χ3n) is 3.08. The molecule has 20 heavy (non-hydrogen) atoms. The monoisotopic (exact) mass is 282 g/mol. The lowest BCUT2D eigenvalue weighted by Crippen LogP contribution is -2.29. The van der Waals surface area contributed by atoms with Gasteiger partial charge in [0, 0.05) is 17.8 Å². The van der Waals surface area contributed by atoms with E-state index >= 15 is 0 Å². The summed E-state index contributed by atoms with van der Waals surface area (Å²) in [6.07, 6.45) is 6.13. The van der Waals surface area contributed by atoms with Gasteiger partial charge in [-0.25, -0.2) is 0 Å². The van der Waals surface area contributed by atoms with Gasteiger partial charge in [0.1, 0.15) is 4.99 Å². The van der Waals surface area contributed by atoms with Crippen LogP contribution in [0.4, 0.5) is 11.4 Å². The molecule has 0 aromatic heterocycles. The molecule has 2 amide bonds. The van der Waals surface area contributed by atoms with Crippen LogP contribution in [0.25, 0.3) is 0 Å². The predicted molar refractivity (Wildman–Crippen MR) is 81.4 cm³/mol. The SMILES string of the molecule is C=C1C=CC(=O)N1c1cccc(N2C(=O)C=CC2=S)c1. The number of hydrogen-bond donors (Lipinski definition) is 0. The molecule has 0 N–H and O–H groups in total. The maximum Gasteiger partial charge on any atom is 0.256 e. The molecule has 1 aromatic carbocycles. The van der Waals surface area contributed by atoms with Crippen molar-refractivity contribution in [3.8, 4) is 0 Å². The molecular weight excluding hydrogens is 272 g/mol. The first kappa shape index (κ1) is 12.5. The van der Waals surface area contributed by atoms with Crippen molar-refractivity contribution >= 4 is 40.4 Å². The summed E-state index contributed by atoms with van der Waals surface area (Å²) in [5.74, 6) is -0.336. The largest absolute Gasteiger partial charge is 0.278 e. The maximum absolute atomic E-state index is 11.8. The molecule has 0 aliphatic carbocycles. The van der Waals surface area contributed by atoms with Crippen LogP contribution in [0.3, 0.4) is 0 Å². The zero-order valence-corrected chi connectivity index (χ0v) is 11.3. The highest BCUT2D eigenvalue weighted by Crippen LogP contribution is 2.29. The first-order valence-electron chi connectivity index (χ1n) is 5.95. The lowest BCUT2D eigenvalue weighted by molar-refractivity contribution is -0.114. The Hall–Kier alpha value is -2.53. The number of benzene rings is 1. The average molecular weight is 282 g/mol. The van der Waals surface area contributed by atoms with E-state index in [2.05, 4.69) is 6.58 Å². The highest BCUT2D eigenvalue weighted by Gasteiger charge is 2.25. The van der Waals surface area contributed by atoms with Crippen molar-refractivity contribution in [1.29, 1.82) is 0 Å². The van der Waals surface area contributed by atoms with E-state index in [9.17, 15) is 9.59 Å². The molecule has 0 radical (unpaired) electrons. The summed E-state index contributed by atoms with van der Waals surface area (Å²) in [6.45, 7) is 3.82. The zero-order chi connectivity index (χ0) is 14.3. The van der Waals surface area contributed by atoms with Crippen LogP contribution in [-0.4, -0.2) is 16.8 Å². The van der Waals surface area contributed by atoms with E-state index in [0.717, 1.165) is 0 Å². The molecule has 0 saturated heterocycles. The van der Waals surface area contributed by atoms with E-state index in [1.165, 1.54) is 22.0 Å². The predicted octanol–water partition coefficient (Wildman–Crippen LogP) is 2.33. The first-order valence-corrected chi connectivity index (χ1v) is 6.36. The van der Waals surface area contributed by atoms with Crippen LogP contribution in [0.2, 0.25) is 0 Å². The van der Waals surface area contributed by atoms with Gasteiger partial charge < -0.3 is 0 Å². The van der Waals surface area contributed by atoms with E-state index < -0.39 is 0 Å². The number of rotatable bonds is 2. The van der Waals surface area contributed by atoms with Crippen LogP contribution in [0.5, 0.6) is 0 Å². The van der Waals surface area contributed by atoms with Gasteiger partial charge in [0.2, 0.25) is 0 Å². The number of thiocarbonyl (C=S) groups is 1. The second kappa shape index (κ2) is 4.54. The smallest absolute Gasteiger partial charge is 0.256 e. The van der Waals surface area contributed by atoms with Gasteiger partial charge in [-0.1, -0.05) is 24.9 Å². The van der Waals surface area contributed by atoms with Gasteiger partial charge in [0.05, 0.1) is 11.4 Å². The molecule has 5 heteroatoms. The molecule has 2 aliphatic rings. The number of carbonyl (C=O) groups is 2. The fraction of sp³-hybridized carbons (Fsp3) is 0. The second-order valence-corrected chi connectivity index (χ2v) is 4.78. The van der Waals surface area contributed by atoms with Crippen molar-refractivity contribution in [2.24, 2.45) is 0 Å². The summed E-state index contributed by atoms with van der Waals surface area (Å²) >= 11 is 5.13. The summed E-state index contributed by atoms with van der Waals surface area (Å²) in [6, 6.07) is 7.08. The average Bonchev–Trinajstić information content (AvgIpc) is 2.93. The summed E-state index contributed by atoms with van der Waals surface area (Å²) in [5, 5.41) is 0. The van der Waals surface area contributed by atoms with Crippen LogP contribution in [0, 0.1) is 0 Å². The first-order chi connectivity index (χ1) is 9.58. The van der Waals surface area contributed by atoms with Crippen LogP contribution in [0.1, 0.15) is 0 Å². The summed E-state index contributed by atoms with van der Waals surface area (Å²) in [5.41, 5.74) is 1.89. The molecule has 0 bridgehead atoms. The molecule has 0 unspecified atom stereocenters. The number of hydrogen-bond acceptors (Lipinski definition) is 3. The molecule has 0 atom stereocenters. The Labute approximate surface area is 121 Å². The molecular formula is C15H10N2O2S. The van der Waals surface area contributed by atoms with Crippen LogP contribution >= 0.6 is 12.2 Å². The molecule has 4 nitrogen and oxygen atoms in total. The van der Waals surface area contributed by atoms with E-state index in [0.29, 0.717) is 22.1 Å². The second-order valence-electron chi connectivity index (χ2n) is 4.36. The highest BCUT2D eigenvalue weighted by molar-refractivity contribution is 7.81. The Balaban J connectivity index is 1.99. The summed E-state index contributed by atoms with van der Waals surface area (Å²) < 4.78 is 0. The minimum atomic E-state index is -0.183. The van der Waals surface area contributed by atoms with Crippen molar-refractivity contribution in [1.82, 2.24) is 0 Å². The molecule has 98 valence electrons. The third-order valence-corrected chi connectivity index (χ3v) is 3.40. The molecule has 3 rings (SSSR count). The normalized spacial score (nSPS) is 17.8. The summed E-state index contributed by atoms with van der Waals surface area (Å²) in [7, 11) is 0. The topological polar surface area (TPSA) is 40.6 Å². The minimum Gasteiger partial charge on any atom is -0.278 e. The fourth-order valence-electron chi connectivity index (χ4n) is 2.18. The third kappa shape index (κ3) is 1.88. The minimum absolute atomic E-state index is 0.152. The molecule has 0 fully saturated rings. The summed E-state index contributed by atoms with van der Waals surface area (Å²) in [4.78, 5) is 26.9. The quantitative estimate of drug-likeness (QED) is 0.782. The molecule has 2 aliphatic heterocycles. The van der Waals surface area contributed by atoms with Crippen molar-refractivity contribution in [2.45, 2.75) is 0 Å². The van der Waals surface area contributed by atoms with Crippen molar-refractivity contribution in [3.63, 3.8) is 0 Å². The van der Waals surface area contributed by atoms with Gasteiger partial charge in [-0.2, -0.15) is 0 Å². The van der Waals surface area contributed by atoms with Gasteiger partial charge in [-0.15, -0.1) is 0 Å². The molecule has 0 saturated carbocycles. The van der Waals surface area contributed by atoms with E-state index in [1.807, 2.05) is 0 Å². The molecule has 0 spiro atoms. The van der Waals surface area contributed by atoms with Gasteiger partial charge in [0.25, 0.3) is 11.8 Å². The highest BCUT2D eigenvalue weighted by atomic mass is 32.1. The van der Waals surface area contributed by atoms with Crippen LogP contribution in [0.15, 0.2) is 60.8 Å². The Morgan fingerprint density at radius 2 is 1.50 bits per heavy atom. The zero-order valence-electron chi connectivity index (χ0n) is 10.4. The van der Waals surface area contributed by atoms with Gasteiger partial charge in [0.15, 0.2) is 0 Å². The Kier molecular flexibility index (Phi) is 2.84. The number of anilines is 2. The van der Waals surface area contributed by atoms with E-state index in [1.54, 1.807) is 36.4 Å². The number of nitrogens with zero attached hydrogens (tertiary/aromatic N) is 2. The molecule has 1 aromatic rings. The van der Waals surface area contributed by atoms with Crippen molar-refractivity contribution in [2.75, 3.05) is 9.80 Å². The molecule has 2 heterocycles. The van der Waals surface area contributed by atoms with Gasteiger partial charge >= 0.3 is 0 Å². The van der Waals surface area contributed by atoms with E-state index in [-0.39, 0.29) is 11.8 Å². The standard InChI is InChI=1S/C15H10N2O2S/c1-10-5-6-13(18)16(10)11-3-2-4-12(9-11)17-14(19)7-8-15(17)20/h2-9H,1H2. The van der Waals surface area contributed by atoms with Crippen LogP contribution in [-0.2, 0) is 9.59 Å². The Morgan fingerprint density at radius 3 is 2.05 bits per heavy atom. The van der Waals surface area contributed by atoms with Crippen molar-refractivity contribution in [3.05, 3.63) is 60.8 Å².